The number of alkyl halides is 3. The molecule has 0 spiro atoms. The molecule has 2 aromatic rings. The molecule has 1 aromatic heterocycles. The molecule has 0 aliphatic rings. The lowest BCUT2D eigenvalue weighted by molar-refractivity contribution is -0.137. The van der Waals surface area contributed by atoms with Crippen molar-refractivity contribution in [1.82, 2.24) is 4.98 Å². The number of phenolic OH excluding ortho intramolecular Hbond substituents is 1. The van der Waals surface area contributed by atoms with E-state index in [2.05, 4.69) is 10.1 Å². The third-order valence-electron chi connectivity index (χ3n) is 3.24. The number of oxime groups is 1. The molecule has 0 atom stereocenters. The maximum absolute atomic E-state index is 13.2. The normalized spacial score (nSPS) is 12.6. The Morgan fingerprint density at radius 1 is 1.18 bits per heavy atom. The summed E-state index contributed by atoms with van der Waals surface area (Å²) in [4.78, 5) is 20.8. The summed E-state index contributed by atoms with van der Waals surface area (Å²) in [6.07, 6.45) is -3.29. The summed E-state index contributed by atoms with van der Waals surface area (Å²) in [5.74, 6) is -1.16. The second kappa shape index (κ2) is 7.87. The first-order valence-corrected chi connectivity index (χ1v) is 8.19. The number of aromatic nitrogens is 1. The number of aromatic hydroxyl groups is 1. The first-order chi connectivity index (χ1) is 12.9. The van der Waals surface area contributed by atoms with Gasteiger partial charge in [-0.25, -0.2) is 0 Å². The molecule has 1 N–H and O–H groups in total. The number of esters is 1. The van der Waals surface area contributed by atoms with Gasteiger partial charge in [-0.2, -0.15) is 13.2 Å². The smallest absolute Gasteiger partial charge is 0.416 e. The van der Waals surface area contributed by atoms with Crippen molar-refractivity contribution in [2.45, 2.75) is 39.5 Å². The Hall–Kier alpha value is -3.10. The van der Waals surface area contributed by atoms with Crippen LogP contribution >= 0.6 is 0 Å². The fourth-order valence-electron chi connectivity index (χ4n) is 2.11. The number of phenols is 1. The second-order valence-corrected chi connectivity index (χ2v) is 6.82. The molecule has 0 saturated heterocycles. The van der Waals surface area contributed by atoms with Crippen molar-refractivity contribution >= 4 is 11.7 Å². The Labute approximate surface area is 159 Å². The average molecular weight is 396 g/mol. The highest BCUT2D eigenvalue weighted by Crippen LogP contribution is 2.34. The molecule has 28 heavy (non-hydrogen) atoms. The molecule has 0 aliphatic carbocycles. The van der Waals surface area contributed by atoms with Crippen molar-refractivity contribution in [2.24, 2.45) is 5.16 Å². The summed E-state index contributed by atoms with van der Waals surface area (Å²) in [5.41, 5.74) is -2.31. The van der Waals surface area contributed by atoms with Gasteiger partial charge in [0.1, 0.15) is 22.8 Å². The van der Waals surface area contributed by atoms with Gasteiger partial charge in [0, 0.05) is 18.7 Å². The van der Waals surface area contributed by atoms with Gasteiger partial charge in [0.25, 0.3) is 0 Å². The molecular weight excluding hydrogens is 377 g/mol. The van der Waals surface area contributed by atoms with Gasteiger partial charge in [0.05, 0.1) is 5.56 Å². The van der Waals surface area contributed by atoms with Crippen LogP contribution in [0.5, 0.6) is 11.5 Å². The number of pyridine rings is 1. The highest BCUT2D eigenvalue weighted by atomic mass is 19.4. The molecule has 0 saturated carbocycles. The van der Waals surface area contributed by atoms with E-state index in [1.807, 2.05) is 0 Å². The van der Waals surface area contributed by atoms with Crippen LogP contribution in [0.4, 0.5) is 13.2 Å². The minimum absolute atomic E-state index is 0.0388. The van der Waals surface area contributed by atoms with Crippen LogP contribution < -0.4 is 4.74 Å². The summed E-state index contributed by atoms with van der Waals surface area (Å²) in [6.45, 7) is 6.23. The highest BCUT2D eigenvalue weighted by Gasteiger charge is 2.32. The minimum atomic E-state index is -4.64. The molecule has 0 radical (unpaired) electrons. The zero-order valence-electron chi connectivity index (χ0n) is 15.7. The molecule has 0 fully saturated rings. The number of nitrogens with zero attached hydrogens (tertiary/aromatic N) is 2. The van der Waals surface area contributed by atoms with Crippen LogP contribution in [0.3, 0.4) is 0 Å². The van der Waals surface area contributed by atoms with E-state index in [-0.39, 0.29) is 22.7 Å². The minimum Gasteiger partial charge on any atom is -0.507 e. The van der Waals surface area contributed by atoms with Gasteiger partial charge < -0.3 is 14.7 Å². The summed E-state index contributed by atoms with van der Waals surface area (Å²) in [5, 5.41) is 14.1. The van der Waals surface area contributed by atoms with Crippen molar-refractivity contribution in [3.05, 3.63) is 53.3 Å². The number of hydrogen-bond acceptors (Lipinski definition) is 6. The van der Waals surface area contributed by atoms with E-state index in [1.165, 1.54) is 25.3 Å². The topological polar surface area (TPSA) is 81.0 Å². The third-order valence-corrected chi connectivity index (χ3v) is 3.24. The molecule has 0 amide bonds. The highest BCUT2D eigenvalue weighted by molar-refractivity contribution is 6.14. The lowest BCUT2D eigenvalue weighted by Crippen LogP contribution is -2.19. The fourth-order valence-corrected chi connectivity index (χ4v) is 2.11. The summed E-state index contributed by atoms with van der Waals surface area (Å²) in [7, 11) is 0. The van der Waals surface area contributed by atoms with E-state index in [1.54, 1.807) is 20.8 Å². The predicted octanol–water partition coefficient (Wildman–Crippen LogP) is 4.30. The quantitative estimate of drug-likeness (QED) is 0.474. The van der Waals surface area contributed by atoms with Gasteiger partial charge in [-0.1, -0.05) is 5.16 Å². The van der Waals surface area contributed by atoms with Crippen molar-refractivity contribution in [3.63, 3.8) is 0 Å². The molecule has 150 valence electrons. The Morgan fingerprint density at radius 3 is 2.43 bits per heavy atom. The standard InChI is InChI=1S/C19H19F3N2O4/c1-11(25)27-15-6-5-9-23-17(15)16(24-28-18(2,3)4)13-10-12(19(20,21)22)7-8-14(13)26/h5-10,26H,1-4H3/b24-16-. The van der Waals surface area contributed by atoms with E-state index < -0.39 is 29.1 Å². The fraction of sp³-hybridized carbons (Fsp3) is 0.316. The van der Waals surface area contributed by atoms with Crippen molar-refractivity contribution in [1.29, 1.82) is 0 Å². The van der Waals surface area contributed by atoms with Crippen LogP contribution in [-0.2, 0) is 15.8 Å². The summed E-state index contributed by atoms with van der Waals surface area (Å²) < 4.78 is 44.5. The molecule has 1 heterocycles. The third kappa shape index (κ3) is 5.45. The Kier molecular flexibility index (Phi) is 5.96. The summed E-state index contributed by atoms with van der Waals surface area (Å²) in [6, 6.07) is 5.26. The van der Waals surface area contributed by atoms with E-state index in [4.69, 9.17) is 9.57 Å². The number of ether oxygens (including phenoxy) is 1. The molecule has 6 nitrogen and oxygen atoms in total. The van der Waals surface area contributed by atoms with Crippen LogP contribution in [0.25, 0.3) is 0 Å². The van der Waals surface area contributed by atoms with E-state index in [9.17, 15) is 23.1 Å². The van der Waals surface area contributed by atoms with Crippen molar-refractivity contribution < 1.29 is 32.6 Å². The van der Waals surface area contributed by atoms with Gasteiger partial charge in [0.2, 0.25) is 0 Å². The van der Waals surface area contributed by atoms with E-state index >= 15 is 0 Å². The Bertz CT molecular complexity index is 903. The van der Waals surface area contributed by atoms with Crippen LogP contribution in [0.1, 0.15) is 44.5 Å². The molecule has 0 bridgehead atoms. The van der Waals surface area contributed by atoms with Gasteiger partial charge in [-0.05, 0) is 51.1 Å². The Balaban J connectivity index is 2.71. The zero-order valence-corrected chi connectivity index (χ0v) is 15.7. The number of benzene rings is 1. The van der Waals surface area contributed by atoms with Crippen LogP contribution in [0, 0.1) is 0 Å². The van der Waals surface area contributed by atoms with Crippen molar-refractivity contribution in [3.8, 4) is 11.5 Å². The maximum atomic E-state index is 13.2. The molecule has 9 heteroatoms. The first kappa shape index (κ1) is 21.2. The monoisotopic (exact) mass is 396 g/mol. The van der Waals surface area contributed by atoms with Crippen LogP contribution in [0.2, 0.25) is 0 Å². The van der Waals surface area contributed by atoms with Gasteiger partial charge in [-0.15, -0.1) is 0 Å². The Morgan fingerprint density at radius 2 is 1.86 bits per heavy atom. The number of hydrogen-bond donors (Lipinski definition) is 1. The number of carbonyl (C=O) groups is 1. The molecular formula is C19H19F3N2O4. The van der Waals surface area contributed by atoms with Gasteiger partial charge in [-0.3, -0.25) is 9.78 Å². The number of rotatable bonds is 4. The lowest BCUT2D eigenvalue weighted by atomic mass is 10.0. The number of carbonyl (C=O) groups excluding carboxylic acids is 1. The molecule has 0 unspecified atom stereocenters. The van der Waals surface area contributed by atoms with Gasteiger partial charge in [0.15, 0.2) is 5.75 Å². The lowest BCUT2D eigenvalue weighted by Gasteiger charge is -2.18. The maximum Gasteiger partial charge on any atom is 0.416 e. The first-order valence-electron chi connectivity index (χ1n) is 8.19. The van der Waals surface area contributed by atoms with Crippen molar-refractivity contribution in [2.75, 3.05) is 0 Å². The second-order valence-electron chi connectivity index (χ2n) is 6.82. The number of halogens is 3. The SMILES string of the molecule is CC(=O)Oc1cccnc1/C(=N\OC(C)(C)C)c1cc(C(F)(F)F)ccc1O. The largest absolute Gasteiger partial charge is 0.507 e. The van der Waals surface area contributed by atoms with E-state index in [0.29, 0.717) is 0 Å². The predicted molar refractivity (Wildman–Crippen MR) is 95.1 cm³/mol. The van der Waals surface area contributed by atoms with E-state index in [0.717, 1.165) is 18.2 Å². The zero-order chi connectivity index (χ0) is 21.1. The van der Waals surface area contributed by atoms with Gasteiger partial charge >= 0.3 is 12.1 Å². The van der Waals surface area contributed by atoms with Crippen LogP contribution in [0.15, 0.2) is 41.7 Å². The molecule has 1 aromatic carbocycles. The van der Waals surface area contributed by atoms with Crippen LogP contribution in [-0.4, -0.2) is 27.4 Å². The molecule has 2 rings (SSSR count). The molecule has 0 aliphatic heterocycles. The summed E-state index contributed by atoms with van der Waals surface area (Å²) >= 11 is 0. The average Bonchev–Trinajstić information content (AvgIpc) is 2.55.